The zero-order valence-electron chi connectivity index (χ0n) is 16.2. The van der Waals surface area contributed by atoms with Gasteiger partial charge >= 0.3 is 7.12 Å². The summed E-state index contributed by atoms with van der Waals surface area (Å²) >= 11 is 0. The quantitative estimate of drug-likeness (QED) is 0.775. The Bertz CT molecular complexity index is 685. The summed E-state index contributed by atoms with van der Waals surface area (Å²) in [5.74, 6) is -0.845. The molecular weight excluding hydrogens is 336 g/mol. The van der Waals surface area contributed by atoms with Gasteiger partial charge in [0, 0.05) is 18.6 Å². The Labute approximate surface area is 154 Å². The minimum absolute atomic E-state index is 0.0483. The van der Waals surface area contributed by atoms with Gasteiger partial charge in [-0.3, -0.25) is 4.79 Å². The highest BCUT2D eigenvalue weighted by Gasteiger charge is 2.52. The molecule has 2 saturated heterocycles. The predicted octanol–water partition coefficient (Wildman–Crippen LogP) is 2.76. The molecule has 0 aliphatic carbocycles. The van der Waals surface area contributed by atoms with Gasteiger partial charge in [-0.25, -0.2) is 4.39 Å². The first-order valence-electron chi connectivity index (χ1n) is 9.19. The second-order valence-electron chi connectivity index (χ2n) is 7.99. The number of carbonyl (C=O) groups is 1. The van der Waals surface area contributed by atoms with E-state index in [1.54, 1.807) is 17.0 Å². The van der Waals surface area contributed by atoms with Gasteiger partial charge in [-0.05, 0) is 53.0 Å². The monoisotopic (exact) mass is 363 g/mol. The van der Waals surface area contributed by atoms with Gasteiger partial charge in [0.2, 0.25) is 0 Å². The van der Waals surface area contributed by atoms with Crippen LogP contribution in [-0.2, 0) is 9.31 Å². The summed E-state index contributed by atoms with van der Waals surface area (Å²) < 4.78 is 32.3. The maximum Gasteiger partial charge on any atom is 0.498 e. The molecule has 0 N–H and O–H groups in total. The summed E-state index contributed by atoms with van der Waals surface area (Å²) in [6.45, 7) is 9.05. The lowest BCUT2D eigenvalue weighted by Gasteiger charge is -2.32. The maximum absolute atomic E-state index is 15.2. The minimum atomic E-state index is -0.840. The molecule has 3 rings (SSSR count). The van der Waals surface area contributed by atoms with Crippen molar-refractivity contribution in [2.24, 2.45) is 0 Å². The molecule has 142 valence electrons. The Morgan fingerprint density at radius 2 is 1.69 bits per heavy atom. The number of carbonyl (C=O) groups excluding carboxylic acids is 1. The number of ether oxygens (including phenoxy) is 1. The van der Waals surface area contributed by atoms with E-state index in [0.29, 0.717) is 13.1 Å². The van der Waals surface area contributed by atoms with Crippen LogP contribution in [0.25, 0.3) is 0 Å². The van der Waals surface area contributed by atoms with Crippen LogP contribution in [0.5, 0.6) is 5.75 Å². The van der Waals surface area contributed by atoms with Crippen molar-refractivity contribution < 1.29 is 23.2 Å². The van der Waals surface area contributed by atoms with E-state index in [-0.39, 0.29) is 22.7 Å². The standard InChI is InChI=1S/C19H27BFNO4/c1-18(2)19(3,4)26-20(25-18)14-10-9-13(16(24-5)15(14)21)17(23)22-11-7-6-8-12-22/h9-10H,6-8,11-12H2,1-5H3. The maximum atomic E-state index is 15.2. The van der Waals surface area contributed by atoms with E-state index in [9.17, 15) is 4.79 Å². The van der Waals surface area contributed by atoms with E-state index in [4.69, 9.17) is 14.0 Å². The second kappa shape index (κ2) is 6.85. The number of methoxy groups -OCH3 is 1. The van der Waals surface area contributed by atoms with Gasteiger partial charge in [0.05, 0.1) is 23.9 Å². The molecule has 1 aromatic rings. The lowest BCUT2D eigenvalue weighted by atomic mass is 9.78. The van der Waals surface area contributed by atoms with Gasteiger partial charge in [-0.1, -0.05) is 6.07 Å². The summed E-state index contributed by atoms with van der Waals surface area (Å²) in [5, 5.41) is 0. The molecule has 2 aliphatic rings. The van der Waals surface area contributed by atoms with Crippen LogP contribution in [0.1, 0.15) is 57.3 Å². The van der Waals surface area contributed by atoms with E-state index in [1.807, 2.05) is 27.7 Å². The Balaban J connectivity index is 1.92. The number of amides is 1. The average molecular weight is 363 g/mol. The Hall–Kier alpha value is -1.60. The first kappa shape index (κ1) is 19.2. The number of likely N-dealkylation sites (tertiary alicyclic amines) is 1. The summed E-state index contributed by atoms with van der Waals surface area (Å²) in [4.78, 5) is 14.5. The number of benzene rings is 1. The fourth-order valence-electron chi connectivity index (χ4n) is 3.36. The zero-order valence-corrected chi connectivity index (χ0v) is 16.2. The largest absolute Gasteiger partial charge is 0.498 e. The SMILES string of the molecule is COc1c(C(=O)N2CCCCC2)ccc(B2OC(C)(C)C(C)(C)O2)c1F. The third kappa shape index (κ3) is 3.23. The number of nitrogens with zero attached hydrogens (tertiary/aromatic N) is 1. The zero-order chi connectivity index (χ0) is 19.1. The minimum Gasteiger partial charge on any atom is -0.493 e. The number of hydrogen-bond acceptors (Lipinski definition) is 4. The molecule has 0 bridgehead atoms. The first-order chi connectivity index (χ1) is 12.2. The van der Waals surface area contributed by atoms with Crippen LogP contribution in [0.3, 0.4) is 0 Å². The Morgan fingerprint density at radius 1 is 1.12 bits per heavy atom. The average Bonchev–Trinajstić information content (AvgIpc) is 2.82. The van der Waals surface area contributed by atoms with Crippen molar-refractivity contribution in [2.75, 3.05) is 20.2 Å². The van der Waals surface area contributed by atoms with E-state index >= 15 is 4.39 Å². The molecule has 5 nitrogen and oxygen atoms in total. The molecule has 0 spiro atoms. The summed E-state index contributed by atoms with van der Waals surface area (Å²) in [7, 11) is 0.535. The molecule has 0 saturated carbocycles. The molecule has 0 radical (unpaired) electrons. The molecule has 1 aromatic carbocycles. The van der Waals surface area contributed by atoms with Crippen LogP contribution >= 0.6 is 0 Å². The lowest BCUT2D eigenvalue weighted by Crippen LogP contribution is -2.41. The van der Waals surface area contributed by atoms with Gasteiger partial charge in [0.15, 0.2) is 11.6 Å². The predicted molar refractivity (Wildman–Crippen MR) is 98.4 cm³/mol. The van der Waals surface area contributed by atoms with Gasteiger partial charge < -0.3 is 18.9 Å². The molecular formula is C19H27BFNO4. The molecule has 0 unspecified atom stereocenters. The van der Waals surface area contributed by atoms with Crippen molar-refractivity contribution in [3.05, 3.63) is 23.5 Å². The van der Waals surface area contributed by atoms with Crippen LogP contribution < -0.4 is 10.2 Å². The van der Waals surface area contributed by atoms with Gasteiger partial charge in [0.25, 0.3) is 5.91 Å². The van der Waals surface area contributed by atoms with Crippen molar-refractivity contribution in [1.82, 2.24) is 4.90 Å². The van der Waals surface area contributed by atoms with Crippen molar-refractivity contribution >= 4 is 18.5 Å². The lowest BCUT2D eigenvalue weighted by molar-refractivity contribution is 0.00578. The third-order valence-corrected chi connectivity index (χ3v) is 5.71. The van der Waals surface area contributed by atoms with Crippen LogP contribution in [0.4, 0.5) is 4.39 Å². The fraction of sp³-hybridized carbons (Fsp3) is 0.632. The number of rotatable bonds is 3. The van der Waals surface area contributed by atoms with E-state index in [0.717, 1.165) is 19.3 Å². The molecule has 0 aromatic heterocycles. The highest BCUT2D eigenvalue weighted by atomic mass is 19.1. The van der Waals surface area contributed by atoms with Crippen molar-refractivity contribution in [3.8, 4) is 5.75 Å². The van der Waals surface area contributed by atoms with Crippen molar-refractivity contribution in [1.29, 1.82) is 0 Å². The molecule has 2 aliphatic heterocycles. The summed E-state index contributed by atoms with van der Waals surface area (Å²) in [6.07, 6.45) is 3.07. The number of halogens is 1. The molecule has 2 fully saturated rings. The summed E-state index contributed by atoms with van der Waals surface area (Å²) in [6, 6.07) is 3.18. The van der Waals surface area contributed by atoms with Crippen LogP contribution in [0, 0.1) is 5.82 Å². The van der Waals surface area contributed by atoms with Gasteiger partial charge in [0.1, 0.15) is 0 Å². The van der Waals surface area contributed by atoms with Crippen LogP contribution in [0.15, 0.2) is 12.1 Å². The van der Waals surface area contributed by atoms with Gasteiger partial charge in [-0.2, -0.15) is 0 Å². The highest BCUT2D eigenvalue weighted by molar-refractivity contribution is 6.62. The normalized spacial score (nSPS) is 21.8. The number of piperidine rings is 1. The molecule has 0 atom stereocenters. The molecule has 1 amide bonds. The van der Waals surface area contributed by atoms with Gasteiger partial charge in [-0.15, -0.1) is 0 Å². The van der Waals surface area contributed by atoms with Crippen molar-refractivity contribution in [2.45, 2.75) is 58.2 Å². The van der Waals surface area contributed by atoms with E-state index in [2.05, 4.69) is 0 Å². The number of hydrogen-bond donors (Lipinski definition) is 0. The molecule has 2 heterocycles. The van der Waals surface area contributed by atoms with E-state index in [1.165, 1.54) is 7.11 Å². The molecule has 7 heteroatoms. The second-order valence-corrected chi connectivity index (χ2v) is 7.99. The van der Waals surface area contributed by atoms with Crippen LogP contribution in [0.2, 0.25) is 0 Å². The first-order valence-corrected chi connectivity index (χ1v) is 9.19. The topological polar surface area (TPSA) is 48.0 Å². The van der Waals surface area contributed by atoms with E-state index < -0.39 is 24.1 Å². The fourth-order valence-corrected chi connectivity index (χ4v) is 3.36. The Morgan fingerprint density at radius 3 is 2.23 bits per heavy atom. The third-order valence-electron chi connectivity index (χ3n) is 5.71. The van der Waals surface area contributed by atoms with Crippen molar-refractivity contribution in [3.63, 3.8) is 0 Å². The summed E-state index contributed by atoms with van der Waals surface area (Å²) in [5.41, 5.74) is -0.651. The smallest absolute Gasteiger partial charge is 0.493 e. The Kier molecular flexibility index (Phi) is 5.05. The van der Waals surface area contributed by atoms with Crippen LogP contribution in [-0.4, -0.2) is 49.3 Å². The molecule has 26 heavy (non-hydrogen) atoms. The highest BCUT2D eigenvalue weighted by Crippen LogP contribution is 2.37.